The van der Waals surface area contributed by atoms with Crippen LogP contribution in [0.25, 0.3) is 0 Å². The van der Waals surface area contributed by atoms with Gasteiger partial charge in [-0.2, -0.15) is 0 Å². The van der Waals surface area contributed by atoms with Gasteiger partial charge in [0.2, 0.25) is 0 Å². The van der Waals surface area contributed by atoms with Crippen molar-refractivity contribution in [3.05, 3.63) is 101 Å². The van der Waals surface area contributed by atoms with Crippen LogP contribution in [0.3, 0.4) is 0 Å². The second-order valence-corrected chi connectivity index (χ2v) is 5.95. The molecule has 0 aliphatic heterocycles. The fourth-order valence-corrected chi connectivity index (χ4v) is 2.64. The Bertz CT molecular complexity index is 768. The van der Waals surface area contributed by atoms with Gasteiger partial charge in [-0.1, -0.05) is 66.7 Å². The second-order valence-electron chi connectivity index (χ2n) is 5.95. The Hall–Kier alpha value is -2.58. The van der Waals surface area contributed by atoms with Crippen molar-refractivity contribution >= 4 is 0 Å². The lowest BCUT2D eigenvalue weighted by molar-refractivity contribution is 0.306. The number of ether oxygens (including phenoxy) is 1. The standard InChI is InChI=1S/C22H23NO/c1-18-8-5-6-12-21(18)16-23-15-20-11-7-13-22(14-20)24-17-19-9-3-2-4-10-19/h2-14,23H,15-17H2,1H3. The smallest absolute Gasteiger partial charge is 0.120 e. The Morgan fingerprint density at radius 3 is 2.33 bits per heavy atom. The second kappa shape index (κ2) is 8.32. The fraction of sp³-hybridized carbons (Fsp3) is 0.182. The van der Waals surface area contributed by atoms with Crippen molar-refractivity contribution in [1.29, 1.82) is 0 Å². The van der Waals surface area contributed by atoms with Gasteiger partial charge >= 0.3 is 0 Å². The Labute approximate surface area is 144 Å². The maximum absolute atomic E-state index is 5.89. The molecule has 24 heavy (non-hydrogen) atoms. The zero-order chi connectivity index (χ0) is 16.6. The van der Waals surface area contributed by atoms with Crippen molar-refractivity contribution in [2.45, 2.75) is 26.6 Å². The van der Waals surface area contributed by atoms with Gasteiger partial charge in [-0.25, -0.2) is 0 Å². The predicted octanol–water partition coefficient (Wildman–Crippen LogP) is 4.86. The van der Waals surface area contributed by atoms with Gasteiger partial charge in [0.25, 0.3) is 0 Å². The minimum absolute atomic E-state index is 0.598. The number of nitrogens with one attached hydrogen (secondary N) is 1. The number of aryl methyl sites for hydroxylation is 1. The Kier molecular flexibility index (Phi) is 5.65. The summed E-state index contributed by atoms with van der Waals surface area (Å²) in [4.78, 5) is 0. The molecule has 122 valence electrons. The molecule has 0 saturated carbocycles. The first-order valence-electron chi connectivity index (χ1n) is 8.32. The van der Waals surface area contributed by atoms with Crippen molar-refractivity contribution in [2.75, 3.05) is 0 Å². The lowest BCUT2D eigenvalue weighted by Gasteiger charge is -2.10. The monoisotopic (exact) mass is 317 g/mol. The van der Waals surface area contributed by atoms with E-state index in [1.54, 1.807) is 0 Å². The highest BCUT2D eigenvalue weighted by molar-refractivity contribution is 5.29. The van der Waals surface area contributed by atoms with Crippen LogP contribution in [0.2, 0.25) is 0 Å². The molecule has 0 aromatic heterocycles. The van der Waals surface area contributed by atoms with Gasteiger partial charge in [-0.15, -0.1) is 0 Å². The van der Waals surface area contributed by atoms with Crippen LogP contribution in [0.15, 0.2) is 78.9 Å². The molecule has 3 rings (SSSR count). The number of benzene rings is 3. The van der Waals surface area contributed by atoms with Crippen LogP contribution in [0.5, 0.6) is 5.75 Å². The first-order chi connectivity index (χ1) is 11.8. The summed E-state index contributed by atoms with van der Waals surface area (Å²) in [5.41, 5.74) is 5.08. The molecule has 3 aromatic carbocycles. The normalized spacial score (nSPS) is 10.5. The summed E-state index contributed by atoms with van der Waals surface area (Å²) in [6.45, 7) is 4.45. The molecular formula is C22H23NO. The highest BCUT2D eigenvalue weighted by Gasteiger charge is 2.00. The van der Waals surface area contributed by atoms with E-state index in [-0.39, 0.29) is 0 Å². The highest BCUT2D eigenvalue weighted by Crippen LogP contribution is 2.15. The topological polar surface area (TPSA) is 21.3 Å². The minimum atomic E-state index is 0.598. The van der Waals surface area contributed by atoms with Crippen molar-refractivity contribution in [3.8, 4) is 5.75 Å². The molecule has 0 heterocycles. The van der Waals surface area contributed by atoms with Gasteiger partial charge < -0.3 is 10.1 Å². The number of hydrogen-bond acceptors (Lipinski definition) is 2. The van der Waals surface area contributed by atoms with Gasteiger partial charge in [-0.3, -0.25) is 0 Å². The molecule has 2 nitrogen and oxygen atoms in total. The molecule has 0 amide bonds. The summed E-state index contributed by atoms with van der Waals surface area (Å²) in [6, 6.07) is 27.0. The third-order valence-electron chi connectivity index (χ3n) is 4.05. The summed E-state index contributed by atoms with van der Waals surface area (Å²) in [5.74, 6) is 0.911. The Balaban J connectivity index is 1.52. The van der Waals surface area contributed by atoms with Crippen LogP contribution in [0.1, 0.15) is 22.3 Å². The molecule has 1 N–H and O–H groups in total. The van der Waals surface area contributed by atoms with Gasteiger partial charge in [0.05, 0.1) is 0 Å². The Morgan fingerprint density at radius 1 is 0.750 bits per heavy atom. The molecule has 0 spiro atoms. The van der Waals surface area contributed by atoms with E-state index >= 15 is 0 Å². The number of rotatable bonds is 7. The summed E-state index contributed by atoms with van der Waals surface area (Å²) < 4.78 is 5.89. The summed E-state index contributed by atoms with van der Waals surface area (Å²) in [6.07, 6.45) is 0. The molecule has 0 atom stereocenters. The van der Waals surface area contributed by atoms with Crippen LogP contribution in [-0.2, 0) is 19.7 Å². The van der Waals surface area contributed by atoms with Gasteiger partial charge in [0.1, 0.15) is 12.4 Å². The first-order valence-corrected chi connectivity index (χ1v) is 8.32. The molecule has 0 aliphatic rings. The largest absolute Gasteiger partial charge is 0.489 e. The van der Waals surface area contributed by atoms with Crippen LogP contribution in [0, 0.1) is 6.92 Å². The molecule has 0 bridgehead atoms. The average Bonchev–Trinajstić information content (AvgIpc) is 2.63. The van der Waals surface area contributed by atoms with Gasteiger partial charge in [0, 0.05) is 13.1 Å². The molecule has 0 fully saturated rings. The van der Waals surface area contributed by atoms with E-state index in [0.29, 0.717) is 6.61 Å². The molecule has 3 aromatic rings. The van der Waals surface area contributed by atoms with Crippen LogP contribution >= 0.6 is 0 Å². The SMILES string of the molecule is Cc1ccccc1CNCc1cccc(OCc2ccccc2)c1. The van der Waals surface area contributed by atoms with Crippen molar-refractivity contribution < 1.29 is 4.74 Å². The van der Waals surface area contributed by atoms with E-state index in [1.807, 2.05) is 30.3 Å². The van der Waals surface area contributed by atoms with Crippen molar-refractivity contribution in [2.24, 2.45) is 0 Å². The maximum Gasteiger partial charge on any atom is 0.120 e. The zero-order valence-corrected chi connectivity index (χ0v) is 14.0. The average molecular weight is 317 g/mol. The van der Waals surface area contributed by atoms with Gasteiger partial charge in [0.15, 0.2) is 0 Å². The van der Waals surface area contributed by atoms with E-state index in [1.165, 1.54) is 22.3 Å². The zero-order valence-electron chi connectivity index (χ0n) is 14.0. The van der Waals surface area contributed by atoms with Crippen LogP contribution < -0.4 is 10.1 Å². The summed E-state index contributed by atoms with van der Waals surface area (Å²) in [5, 5.41) is 3.50. The van der Waals surface area contributed by atoms with E-state index < -0.39 is 0 Å². The highest BCUT2D eigenvalue weighted by atomic mass is 16.5. The molecule has 0 aliphatic carbocycles. The minimum Gasteiger partial charge on any atom is -0.489 e. The van der Waals surface area contributed by atoms with Crippen molar-refractivity contribution in [1.82, 2.24) is 5.32 Å². The number of hydrogen-bond donors (Lipinski definition) is 1. The van der Waals surface area contributed by atoms with E-state index in [0.717, 1.165) is 18.8 Å². The van der Waals surface area contributed by atoms with E-state index in [9.17, 15) is 0 Å². The first kappa shape index (κ1) is 16.3. The van der Waals surface area contributed by atoms with Gasteiger partial charge in [-0.05, 0) is 41.3 Å². The van der Waals surface area contributed by atoms with Crippen LogP contribution in [-0.4, -0.2) is 0 Å². The van der Waals surface area contributed by atoms with Crippen molar-refractivity contribution in [3.63, 3.8) is 0 Å². The molecule has 2 heteroatoms. The van der Waals surface area contributed by atoms with E-state index in [2.05, 4.69) is 60.8 Å². The molecule has 0 saturated heterocycles. The van der Waals surface area contributed by atoms with E-state index in [4.69, 9.17) is 4.74 Å². The quantitative estimate of drug-likeness (QED) is 0.671. The Morgan fingerprint density at radius 2 is 1.50 bits per heavy atom. The summed E-state index contributed by atoms with van der Waals surface area (Å²) in [7, 11) is 0. The molecule has 0 radical (unpaired) electrons. The lowest BCUT2D eigenvalue weighted by atomic mass is 10.1. The maximum atomic E-state index is 5.89. The fourth-order valence-electron chi connectivity index (χ4n) is 2.64. The molecular weight excluding hydrogens is 294 g/mol. The van der Waals surface area contributed by atoms with Crippen LogP contribution in [0.4, 0.5) is 0 Å². The lowest BCUT2D eigenvalue weighted by Crippen LogP contribution is -2.13. The third-order valence-corrected chi connectivity index (χ3v) is 4.05. The third kappa shape index (κ3) is 4.71. The molecule has 0 unspecified atom stereocenters. The summed E-state index contributed by atoms with van der Waals surface area (Å²) >= 11 is 0. The predicted molar refractivity (Wildman–Crippen MR) is 98.9 cm³/mol.